The number of aryl methyl sites for hydroxylation is 1. The third kappa shape index (κ3) is 20.5. The molecule has 0 spiro atoms. The second-order valence-electron chi connectivity index (χ2n) is 9.37. The minimum absolute atomic E-state index is 0.740. The van der Waals surface area contributed by atoms with Crippen LogP contribution in [0.3, 0.4) is 0 Å². The summed E-state index contributed by atoms with van der Waals surface area (Å²) in [6.45, 7) is 24.6. The first kappa shape index (κ1) is 38.0. The maximum absolute atomic E-state index is 5.21. The first-order chi connectivity index (χ1) is 18.8. The third-order valence-corrected chi connectivity index (χ3v) is 5.34. The monoisotopic (exact) mass is 531 g/mol. The summed E-state index contributed by atoms with van der Waals surface area (Å²) in [6.07, 6.45) is 6.39. The van der Waals surface area contributed by atoms with E-state index >= 15 is 0 Å². The molecule has 0 amide bonds. The van der Waals surface area contributed by atoms with Crippen LogP contribution in [0, 0.1) is 0 Å². The van der Waals surface area contributed by atoms with E-state index in [2.05, 4.69) is 115 Å². The van der Waals surface area contributed by atoms with E-state index in [4.69, 9.17) is 4.74 Å². The van der Waals surface area contributed by atoms with Gasteiger partial charge in [0.2, 0.25) is 0 Å². The summed E-state index contributed by atoms with van der Waals surface area (Å²) in [7, 11) is 4.24. The van der Waals surface area contributed by atoms with Crippen LogP contribution in [0.1, 0.15) is 78.4 Å². The van der Waals surface area contributed by atoms with Gasteiger partial charge in [0.25, 0.3) is 0 Å². The number of rotatable bonds is 9. The number of benzene rings is 3. The van der Waals surface area contributed by atoms with Crippen LogP contribution < -0.4 is 4.74 Å². The quantitative estimate of drug-likeness (QED) is 0.201. The van der Waals surface area contributed by atoms with Crippen LogP contribution in [-0.2, 0) is 6.42 Å². The lowest BCUT2D eigenvalue weighted by Crippen LogP contribution is -2.12. The lowest BCUT2D eigenvalue weighted by molar-refractivity contribution is 0.340. The van der Waals surface area contributed by atoms with Gasteiger partial charge in [0.15, 0.2) is 0 Å². The van der Waals surface area contributed by atoms with E-state index in [1.807, 2.05) is 44.2 Å². The van der Waals surface area contributed by atoms with Gasteiger partial charge < -0.3 is 9.64 Å². The second kappa shape index (κ2) is 26.5. The molecule has 0 atom stereocenters. The van der Waals surface area contributed by atoms with E-state index in [0.29, 0.717) is 0 Å². The molecule has 3 aromatic rings. The Morgan fingerprint density at radius 1 is 0.718 bits per heavy atom. The molecule has 39 heavy (non-hydrogen) atoms. The Labute approximate surface area is 242 Å². The van der Waals surface area contributed by atoms with Crippen molar-refractivity contribution in [3.05, 3.63) is 110 Å². The van der Waals surface area contributed by atoms with Crippen molar-refractivity contribution in [3.63, 3.8) is 0 Å². The number of allylic oxidation sites excluding steroid dienone is 1. The summed E-state index contributed by atoms with van der Waals surface area (Å²) in [5.41, 5.74) is 6.23. The van der Waals surface area contributed by atoms with Crippen LogP contribution in [0.4, 0.5) is 0 Å². The molecule has 2 heteroatoms. The number of unbranched alkanes of at least 4 members (excludes halogenated alkanes) is 2. The van der Waals surface area contributed by atoms with E-state index in [-0.39, 0.29) is 0 Å². The fourth-order valence-electron chi connectivity index (χ4n) is 3.24. The molecule has 0 N–H and O–H groups in total. The first-order valence-corrected chi connectivity index (χ1v) is 14.5. The highest BCUT2D eigenvalue weighted by Crippen LogP contribution is 2.22. The molecule has 2 nitrogen and oxygen atoms in total. The SMILES string of the molecule is C=C.C=C(C)c1ccc(-c2ccc(CC)cc2)cc1.CCC.CCCCCN(C)C.CCOc1ccccc1. The Bertz CT molecular complexity index is 927. The maximum atomic E-state index is 5.21. The summed E-state index contributed by atoms with van der Waals surface area (Å²) >= 11 is 0. The molecule has 0 aliphatic rings. The van der Waals surface area contributed by atoms with Gasteiger partial charge in [-0.2, -0.15) is 0 Å². The van der Waals surface area contributed by atoms with Crippen LogP contribution >= 0.6 is 0 Å². The average Bonchev–Trinajstić information content (AvgIpc) is 2.96. The van der Waals surface area contributed by atoms with Gasteiger partial charge in [-0.3, -0.25) is 0 Å². The molecule has 0 radical (unpaired) electrons. The Kier molecular flexibility index (Phi) is 25.9. The van der Waals surface area contributed by atoms with Gasteiger partial charge in [0.05, 0.1) is 6.61 Å². The number of hydrogen-bond acceptors (Lipinski definition) is 2. The fraction of sp³-hybridized carbons (Fsp3) is 0.405. The zero-order valence-electron chi connectivity index (χ0n) is 26.4. The van der Waals surface area contributed by atoms with Gasteiger partial charge in [-0.25, -0.2) is 0 Å². The molecular formula is C37H57NO. The molecule has 3 aromatic carbocycles. The predicted molar refractivity (Wildman–Crippen MR) is 179 cm³/mol. The van der Waals surface area contributed by atoms with Crippen molar-refractivity contribution in [1.82, 2.24) is 4.90 Å². The Morgan fingerprint density at radius 2 is 1.21 bits per heavy atom. The highest BCUT2D eigenvalue weighted by Gasteiger charge is 1.98. The van der Waals surface area contributed by atoms with Gasteiger partial charge >= 0.3 is 0 Å². The van der Waals surface area contributed by atoms with Crippen molar-refractivity contribution in [2.75, 3.05) is 27.2 Å². The van der Waals surface area contributed by atoms with Gasteiger partial charge in [-0.05, 0) is 81.7 Å². The minimum Gasteiger partial charge on any atom is -0.494 e. The van der Waals surface area contributed by atoms with Crippen LogP contribution in [0.5, 0.6) is 5.75 Å². The Morgan fingerprint density at radius 3 is 1.59 bits per heavy atom. The Hall–Kier alpha value is -3.10. The summed E-state index contributed by atoms with van der Waals surface area (Å²) in [4.78, 5) is 2.23. The van der Waals surface area contributed by atoms with Crippen LogP contribution in [0.25, 0.3) is 16.7 Å². The molecule has 0 unspecified atom stereocenters. The van der Waals surface area contributed by atoms with Gasteiger partial charge in [-0.15, -0.1) is 13.2 Å². The zero-order chi connectivity index (χ0) is 29.9. The highest BCUT2D eigenvalue weighted by atomic mass is 16.5. The normalized spacial score (nSPS) is 9.26. The van der Waals surface area contributed by atoms with E-state index in [9.17, 15) is 0 Å². The number of ether oxygens (including phenoxy) is 1. The number of nitrogens with zero attached hydrogens (tertiary/aromatic N) is 1. The fourth-order valence-corrected chi connectivity index (χ4v) is 3.24. The van der Waals surface area contributed by atoms with Gasteiger partial charge in [-0.1, -0.05) is 126 Å². The van der Waals surface area contributed by atoms with Crippen molar-refractivity contribution in [1.29, 1.82) is 0 Å². The van der Waals surface area contributed by atoms with E-state index in [1.165, 1.54) is 54.5 Å². The first-order valence-electron chi connectivity index (χ1n) is 14.5. The largest absolute Gasteiger partial charge is 0.494 e. The summed E-state index contributed by atoms with van der Waals surface area (Å²) < 4.78 is 5.21. The van der Waals surface area contributed by atoms with Crippen LogP contribution in [-0.4, -0.2) is 32.1 Å². The topological polar surface area (TPSA) is 12.5 Å². The molecule has 0 saturated carbocycles. The molecule has 0 aromatic heterocycles. The molecule has 0 fully saturated rings. The maximum Gasteiger partial charge on any atom is 0.119 e. The molecule has 0 saturated heterocycles. The van der Waals surface area contributed by atoms with Crippen molar-refractivity contribution in [3.8, 4) is 16.9 Å². The summed E-state index contributed by atoms with van der Waals surface area (Å²) in [5.74, 6) is 0.944. The predicted octanol–water partition coefficient (Wildman–Crippen LogP) is 11.0. The average molecular weight is 532 g/mol. The van der Waals surface area contributed by atoms with Crippen LogP contribution in [0.2, 0.25) is 0 Å². The molecule has 0 aliphatic carbocycles. The lowest BCUT2D eigenvalue weighted by atomic mass is 10.0. The van der Waals surface area contributed by atoms with Crippen molar-refractivity contribution >= 4 is 5.57 Å². The molecular weight excluding hydrogens is 474 g/mol. The minimum atomic E-state index is 0.740. The summed E-state index contributed by atoms with van der Waals surface area (Å²) in [6, 6.07) is 27.1. The van der Waals surface area contributed by atoms with Crippen molar-refractivity contribution in [2.24, 2.45) is 0 Å². The van der Waals surface area contributed by atoms with Crippen LogP contribution in [0.15, 0.2) is 98.6 Å². The summed E-state index contributed by atoms with van der Waals surface area (Å²) in [5, 5.41) is 0. The van der Waals surface area contributed by atoms with Gasteiger partial charge in [0, 0.05) is 0 Å². The van der Waals surface area contributed by atoms with E-state index < -0.39 is 0 Å². The molecule has 0 bridgehead atoms. The smallest absolute Gasteiger partial charge is 0.119 e. The standard InChI is InChI=1S/C17H18.C8H10O.C7H17N.C3H8.C2H4/c1-4-14-5-7-16(8-6-14)17-11-9-15(10-12-17)13(2)3;1-2-9-8-6-4-3-5-7-8;1-4-5-6-7-8(2)3;1-3-2;1-2/h5-12H,2,4H2,1,3H3;3-7H,2H2,1H3;4-7H2,1-3H3;3H2,1-2H3;1-2H2. The molecule has 0 heterocycles. The van der Waals surface area contributed by atoms with E-state index in [0.717, 1.165) is 24.4 Å². The lowest BCUT2D eigenvalue weighted by Gasteiger charge is -2.06. The second-order valence-corrected chi connectivity index (χ2v) is 9.37. The zero-order valence-corrected chi connectivity index (χ0v) is 26.4. The molecule has 3 rings (SSSR count). The highest BCUT2D eigenvalue weighted by molar-refractivity contribution is 5.68. The third-order valence-electron chi connectivity index (χ3n) is 5.34. The number of para-hydroxylation sites is 1. The Balaban J connectivity index is 0. The van der Waals surface area contributed by atoms with E-state index in [1.54, 1.807) is 0 Å². The van der Waals surface area contributed by atoms with Gasteiger partial charge in [0.1, 0.15) is 5.75 Å². The number of hydrogen-bond donors (Lipinski definition) is 0. The molecule has 216 valence electrons. The molecule has 0 aliphatic heterocycles. The van der Waals surface area contributed by atoms with Crippen molar-refractivity contribution < 1.29 is 4.74 Å². The van der Waals surface area contributed by atoms with Crippen molar-refractivity contribution in [2.45, 2.75) is 73.6 Å².